The summed E-state index contributed by atoms with van der Waals surface area (Å²) in [4.78, 5) is 4.87. The van der Waals surface area contributed by atoms with Gasteiger partial charge in [0.15, 0.2) is 9.84 Å². The van der Waals surface area contributed by atoms with Crippen molar-refractivity contribution in [2.45, 2.75) is 23.8 Å². The molecule has 1 atom stereocenters. The molecule has 1 unspecified atom stereocenters. The SMILES string of the molecule is COc1ccc(S(C)(=O)=O)c2c1c1ncc(Br)cc1n2C(c1ccc(F)cc1)C1CCOCC1. The average molecular weight is 547 g/mol. The molecule has 0 bridgehead atoms. The molecular formula is C25H24BrFN2O4S. The highest BCUT2D eigenvalue weighted by Crippen LogP contribution is 2.45. The zero-order valence-electron chi connectivity index (χ0n) is 18.8. The van der Waals surface area contributed by atoms with Crippen LogP contribution in [0.1, 0.15) is 24.4 Å². The number of nitrogens with zero attached hydrogens (tertiary/aromatic N) is 2. The van der Waals surface area contributed by atoms with Crippen molar-refractivity contribution in [3.8, 4) is 5.75 Å². The van der Waals surface area contributed by atoms with Crippen molar-refractivity contribution in [3.63, 3.8) is 0 Å². The number of hydrogen-bond donors (Lipinski definition) is 0. The van der Waals surface area contributed by atoms with Crippen LogP contribution in [0.3, 0.4) is 0 Å². The number of ether oxygens (including phenoxy) is 2. The van der Waals surface area contributed by atoms with Crippen LogP contribution < -0.4 is 4.74 Å². The Morgan fingerprint density at radius 2 is 1.88 bits per heavy atom. The molecule has 0 radical (unpaired) electrons. The molecule has 4 aromatic rings. The van der Waals surface area contributed by atoms with Crippen LogP contribution in [0.25, 0.3) is 21.9 Å². The Labute approximate surface area is 205 Å². The van der Waals surface area contributed by atoms with Crippen LogP contribution in [0.4, 0.5) is 4.39 Å². The van der Waals surface area contributed by atoms with Gasteiger partial charge in [0.05, 0.1) is 40.0 Å². The number of halogens is 2. The molecular weight excluding hydrogens is 523 g/mol. The first-order valence-electron chi connectivity index (χ1n) is 11.0. The summed E-state index contributed by atoms with van der Waals surface area (Å²) < 4.78 is 53.9. The van der Waals surface area contributed by atoms with Gasteiger partial charge in [-0.2, -0.15) is 0 Å². The highest BCUT2D eigenvalue weighted by atomic mass is 79.9. The Balaban J connectivity index is 1.96. The van der Waals surface area contributed by atoms with E-state index < -0.39 is 9.84 Å². The maximum Gasteiger partial charge on any atom is 0.177 e. The topological polar surface area (TPSA) is 70.4 Å². The molecule has 178 valence electrons. The highest BCUT2D eigenvalue weighted by molar-refractivity contribution is 9.10. The Bertz CT molecular complexity index is 1480. The van der Waals surface area contributed by atoms with Gasteiger partial charge < -0.3 is 14.0 Å². The number of rotatable bonds is 5. The second-order valence-corrected chi connectivity index (χ2v) is 11.5. The summed E-state index contributed by atoms with van der Waals surface area (Å²) in [5.74, 6) is 0.376. The minimum atomic E-state index is -3.59. The zero-order valence-corrected chi connectivity index (χ0v) is 21.2. The van der Waals surface area contributed by atoms with Crippen molar-refractivity contribution in [2.75, 3.05) is 26.6 Å². The number of methoxy groups -OCH3 is 1. The van der Waals surface area contributed by atoms with Gasteiger partial charge in [0, 0.05) is 30.1 Å². The highest BCUT2D eigenvalue weighted by Gasteiger charge is 2.33. The molecule has 1 saturated heterocycles. The van der Waals surface area contributed by atoms with Gasteiger partial charge in [-0.25, -0.2) is 12.8 Å². The smallest absolute Gasteiger partial charge is 0.177 e. The van der Waals surface area contributed by atoms with Gasteiger partial charge in [0.2, 0.25) is 0 Å². The van der Waals surface area contributed by atoms with Crippen LogP contribution >= 0.6 is 15.9 Å². The van der Waals surface area contributed by atoms with Gasteiger partial charge in [-0.1, -0.05) is 12.1 Å². The van der Waals surface area contributed by atoms with Crippen LogP contribution in [0.2, 0.25) is 0 Å². The van der Waals surface area contributed by atoms with Crippen LogP contribution in [-0.4, -0.2) is 44.5 Å². The normalized spacial score (nSPS) is 16.2. The largest absolute Gasteiger partial charge is 0.496 e. The van der Waals surface area contributed by atoms with E-state index in [0.717, 1.165) is 28.4 Å². The Kier molecular flexibility index (Phi) is 6.12. The lowest BCUT2D eigenvalue weighted by Crippen LogP contribution is -2.27. The molecule has 3 heterocycles. The minimum Gasteiger partial charge on any atom is -0.496 e. The Morgan fingerprint density at radius 3 is 2.53 bits per heavy atom. The number of benzene rings is 2. The fourth-order valence-electron chi connectivity index (χ4n) is 5.03. The third-order valence-electron chi connectivity index (χ3n) is 6.50. The lowest BCUT2D eigenvalue weighted by atomic mass is 9.86. The van der Waals surface area contributed by atoms with Crippen LogP contribution in [0.5, 0.6) is 5.75 Å². The third-order valence-corrected chi connectivity index (χ3v) is 8.06. The Morgan fingerprint density at radius 1 is 1.18 bits per heavy atom. The van der Waals surface area contributed by atoms with Crippen LogP contribution in [0, 0.1) is 11.7 Å². The number of hydrogen-bond acceptors (Lipinski definition) is 5. The Hall–Kier alpha value is -2.49. The fraction of sp³-hybridized carbons (Fsp3) is 0.320. The van der Waals surface area contributed by atoms with Gasteiger partial charge in [-0.3, -0.25) is 4.98 Å². The van der Waals surface area contributed by atoms with Crippen molar-refractivity contribution in [1.29, 1.82) is 0 Å². The predicted molar refractivity (Wildman–Crippen MR) is 133 cm³/mol. The summed E-state index contributed by atoms with van der Waals surface area (Å²) in [5.41, 5.74) is 2.87. The molecule has 9 heteroatoms. The first-order valence-corrected chi connectivity index (χ1v) is 13.7. The average Bonchev–Trinajstić information content (AvgIpc) is 3.14. The molecule has 0 N–H and O–H groups in total. The maximum absolute atomic E-state index is 13.9. The van der Waals surface area contributed by atoms with E-state index in [1.165, 1.54) is 18.4 Å². The van der Waals surface area contributed by atoms with E-state index in [1.54, 1.807) is 37.6 Å². The van der Waals surface area contributed by atoms with E-state index in [-0.39, 0.29) is 22.7 Å². The molecule has 0 amide bonds. The van der Waals surface area contributed by atoms with E-state index in [4.69, 9.17) is 9.47 Å². The van der Waals surface area contributed by atoms with E-state index in [0.29, 0.717) is 35.4 Å². The molecule has 0 saturated carbocycles. The van der Waals surface area contributed by atoms with E-state index in [1.807, 2.05) is 6.07 Å². The number of sulfone groups is 1. The molecule has 2 aromatic carbocycles. The van der Waals surface area contributed by atoms with Crippen molar-refractivity contribution in [3.05, 3.63) is 64.5 Å². The number of fused-ring (bicyclic) bond motifs is 3. The van der Waals surface area contributed by atoms with E-state index >= 15 is 0 Å². The van der Waals surface area contributed by atoms with Crippen LogP contribution in [0.15, 0.2) is 58.0 Å². The molecule has 1 aliphatic rings. The first-order chi connectivity index (χ1) is 16.3. The standard InChI is InChI=1S/C25H24BrFN2O4S/c1-32-20-7-8-21(34(2,30)31)25-22(20)23-19(13-17(26)14-28-23)29(25)24(16-9-11-33-12-10-16)15-3-5-18(27)6-4-15/h3-8,13-14,16,24H,9-12H2,1-2H3. The van der Waals surface area contributed by atoms with Crippen LogP contribution in [-0.2, 0) is 14.6 Å². The maximum atomic E-state index is 13.9. The molecule has 1 aliphatic heterocycles. The molecule has 6 nitrogen and oxygen atoms in total. The van der Waals surface area contributed by atoms with Gasteiger partial charge in [0.25, 0.3) is 0 Å². The predicted octanol–water partition coefficient (Wildman–Crippen LogP) is 5.52. The first kappa shape index (κ1) is 23.3. The van der Waals surface area contributed by atoms with Crippen molar-refractivity contribution in [2.24, 2.45) is 5.92 Å². The summed E-state index contributed by atoms with van der Waals surface area (Å²) in [6.45, 7) is 1.23. The quantitative estimate of drug-likeness (QED) is 0.329. The van der Waals surface area contributed by atoms with Gasteiger partial charge in [-0.05, 0) is 70.6 Å². The molecule has 2 aromatic heterocycles. The molecule has 0 aliphatic carbocycles. The summed E-state index contributed by atoms with van der Waals surface area (Å²) in [5, 5.41) is 0.645. The van der Waals surface area contributed by atoms with Crippen molar-refractivity contribution >= 4 is 47.7 Å². The third kappa shape index (κ3) is 3.99. The summed E-state index contributed by atoms with van der Waals surface area (Å²) >= 11 is 3.53. The van der Waals surface area contributed by atoms with Crippen molar-refractivity contribution in [1.82, 2.24) is 9.55 Å². The van der Waals surface area contributed by atoms with Gasteiger partial charge >= 0.3 is 0 Å². The van der Waals surface area contributed by atoms with E-state index in [2.05, 4.69) is 25.5 Å². The summed E-state index contributed by atoms with van der Waals surface area (Å²) in [7, 11) is -2.03. The van der Waals surface area contributed by atoms with Gasteiger partial charge in [-0.15, -0.1) is 0 Å². The zero-order chi connectivity index (χ0) is 24.0. The molecule has 0 spiro atoms. The second-order valence-electron chi connectivity index (χ2n) is 8.60. The minimum absolute atomic E-state index is 0.149. The fourth-order valence-corrected chi connectivity index (χ4v) is 6.21. The molecule has 5 rings (SSSR count). The van der Waals surface area contributed by atoms with Crippen molar-refractivity contribution < 1.29 is 22.3 Å². The summed E-state index contributed by atoms with van der Waals surface area (Å²) in [6.07, 6.45) is 4.49. The second kappa shape index (κ2) is 8.94. The molecule has 1 fully saturated rings. The monoisotopic (exact) mass is 546 g/mol. The lowest BCUT2D eigenvalue weighted by Gasteiger charge is -2.33. The molecule has 34 heavy (non-hydrogen) atoms. The summed E-state index contributed by atoms with van der Waals surface area (Å²) in [6, 6.07) is 11.4. The lowest BCUT2D eigenvalue weighted by molar-refractivity contribution is 0.0552. The van der Waals surface area contributed by atoms with Gasteiger partial charge in [0.1, 0.15) is 11.6 Å². The number of pyridine rings is 1. The van der Waals surface area contributed by atoms with E-state index in [9.17, 15) is 12.8 Å². The number of aromatic nitrogens is 2.